The van der Waals surface area contributed by atoms with Gasteiger partial charge in [0, 0.05) is 23.0 Å². The summed E-state index contributed by atoms with van der Waals surface area (Å²) in [6.45, 7) is 3.23. The van der Waals surface area contributed by atoms with Crippen molar-refractivity contribution in [1.82, 2.24) is 4.90 Å². The van der Waals surface area contributed by atoms with E-state index in [0.29, 0.717) is 17.3 Å². The molecule has 1 aliphatic rings. The average molecular weight is 300 g/mol. The number of likely N-dealkylation sites (tertiary alicyclic amines) is 1. The third-order valence-electron chi connectivity index (χ3n) is 3.45. The average Bonchev–Trinajstić information content (AvgIpc) is 2.41. The number of hydrogen-bond acceptors (Lipinski definition) is 3. The summed E-state index contributed by atoms with van der Waals surface area (Å²) in [5, 5.41) is 10.5. The monoisotopic (exact) mass is 299 g/mol. The lowest BCUT2D eigenvalue weighted by atomic mass is 9.96. The minimum atomic E-state index is -0.391. The zero-order chi connectivity index (χ0) is 13.8. The van der Waals surface area contributed by atoms with E-state index in [2.05, 4.69) is 0 Å². The molecule has 19 heavy (non-hydrogen) atoms. The number of hydrogen-bond donors (Lipinski definition) is 1. The lowest BCUT2D eigenvalue weighted by Crippen LogP contribution is -2.46. The number of halogens is 1. The number of thioether (sulfide) groups is 1. The molecule has 1 heterocycles. The van der Waals surface area contributed by atoms with Crippen LogP contribution in [0.5, 0.6) is 0 Å². The van der Waals surface area contributed by atoms with Gasteiger partial charge < -0.3 is 10.0 Å². The fourth-order valence-corrected chi connectivity index (χ4v) is 2.97. The van der Waals surface area contributed by atoms with Crippen LogP contribution in [0.4, 0.5) is 0 Å². The predicted molar refractivity (Wildman–Crippen MR) is 78.5 cm³/mol. The number of amides is 1. The summed E-state index contributed by atoms with van der Waals surface area (Å²) in [5.41, 5.74) is 0. The third-order valence-corrected chi connectivity index (χ3v) is 4.70. The SMILES string of the molecule is CC1CCN(C(=O)CSc2ccc(Cl)cc2)CC1O. The highest BCUT2D eigenvalue weighted by Crippen LogP contribution is 2.22. The smallest absolute Gasteiger partial charge is 0.233 e. The van der Waals surface area contributed by atoms with Gasteiger partial charge in [-0.2, -0.15) is 0 Å². The van der Waals surface area contributed by atoms with Crippen LogP contribution in [0.15, 0.2) is 29.2 Å². The maximum atomic E-state index is 12.1. The number of benzene rings is 1. The number of carbonyl (C=O) groups is 1. The van der Waals surface area contributed by atoms with Crippen molar-refractivity contribution >= 4 is 29.3 Å². The molecule has 2 atom stereocenters. The topological polar surface area (TPSA) is 40.5 Å². The molecular formula is C14H18ClNO2S. The highest BCUT2D eigenvalue weighted by Gasteiger charge is 2.26. The Balaban J connectivity index is 1.83. The van der Waals surface area contributed by atoms with Crippen LogP contribution in [-0.2, 0) is 4.79 Å². The maximum absolute atomic E-state index is 12.1. The summed E-state index contributed by atoms with van der Waals surface area (Å²) in [5.74, 6) is 0.779. The molecule has 1 amide bonds. The van der Waals surface area contributed by atoms with E-state index in [1.165, 1.54) is 11.8 Å². The Hall–Kier alpha value is -0.710. The fourth-order valence-electron chi connectivity index (χ4n) is 2.04. The van der Waals surface area contributed by atoms with E-state index >= 15 is 0 Å². The van der Waals surface area contributed by atoms with Crippen LogP contribution in [0.1, 0.15) is 13.3 Å². The second kappa shape index (κ2) is 6.64. The number of carbonyl (C=O) groups excluding carboxylic acids is 1. The zero-order valence-electron chi connectivity index (χ0n) is 10.9. The standard InChI is InChI=1S/C14H18ClNO2S/c1-10-6-7-16(8-13(10)17)14(18)9-19-12-4-2-11(15)3-5-12/h2-5,10,13,17H,6-9H2,1H3. The molecule has 0 aromatic heterocycles. The Kier molecular flexibility index (Phi) is 5.13. The molecule has 1 saturated heterocycles. The van der Waals surface area contributed by atoms with Crippen molar-refractivity contribution in [2.24, 2.45) is 5.92 Å². The molecular weight excluding hydrogens is 282 g/mol. The first-order chi connectivity index (χ1) is 9.06. The van der Waals surface area contributed by atoms with E-state index in [0.717, 1.165) is 17.9 Å². The van der Waals surface area contributed by atoms with Gasteiger partial charge >= 0.3 is 0 Å². The molecule has 0 aliphatic carbocycles. The first kappa shape index (κ1) is 14.7. The van der Waals surface area contributed by atoms with Gasteiger partial charge in [-0.15, -0.1) is 11.8 Å². The molecule has 3 nitrogen and oxygen atoms in total. The molecule has 1 aromatic carbocycles. The summed E-state index contributed by atoms with van der Waals surface area (Å²) in [6, 6.07) is 7.46. The molecule has 2 rings (SSSR count). The summed E-state index contributed by atoms with van der Waals surface area (Å²) >= 11 is 7.32. The molecule has 0 radical (unpaired) electrons. The van der Waals surface area contributed by atoms with Gasteiger partial charge in [0.15, 0.2) is 0 Å². The zero-order valence-corrected chi connectivity index (χ0v) is 12.5. The highest BCUT2D eigenvalue weighted by atomic mass is 35.5. The Morgan fingerprint density at radius 3 is 2.79 bits per heavy atom. The van der Waals surface area contributed by atoms with Crippen molar-refractivity contribution in [3.8, 4) is 0 Å². The first-order valence-corrected chi connectivity index (χ1v) is 7.77. The molecule has 1 aliphatic heterocycles. The minimum Gasteiger partial charge on any atom is -0.391 e. The quantitative estimate of drug-likeness (QED) is 0.872. The lowest BCUT2D eigenvalue weighted by Gasteiger charge is -2.34. The number of β-amino-alcohol motifs (C(OH)–C–C–N with tert-alkyl or cyclic N) is 1. The van der Waals surface area contributed by atoms with Crippen molar-refractivity contribution < 1.29 is 9.90 Å². The van der Waals surface area contributed by atoms with Gasteiger partial charge in [-0.3, -0.25) is 4.79 Å². The van der Waals surface area contributed by atoms with Crippen LogP contribution >= 0.6 is 23.4 Å². The summed E-state index contributed by atoms with van der Waals surface area (Å²) in [4.78, 5) is 14.8. The summed E-state index contributed by atoms with van der Waals surface area (Å²) < 4.78 is 0. The molecule has 104 valence electrons. The molecule has 0 bridgehead atoms. The van der Waals surface area contributed by atoms with Crippen molar-refractivity contribution in [2.45, 2.75) is 24.3 Å². The Labute approximate surface area is 122 Å². The number of piperidine rings is 1. The molecule has 1 aromatic rings. The van der Waals surface area contributed by atoms with Crippen LogP contribution in [0.2, 0.25) is 5.02 Å². The molecule has 1 N–H and O–H groups in total. The van der Waals surface area contributed by atoms with Gasteiger partial charge in [0.2, 0.25) is 5.91 Å². The number of rotatable bonds is 3. The van der Waals surface area contributed by atoms with Crippen LogP contribution in [0, 0.1) is 5.92 Å². The van der Waals surface area contributed by atoms with Gasteiger partial charge in [-0.05, 0) is 36.6 Å². The highest BCUT2D eigenvalue weighted by molar-refractivity contribution is 8.00. The number of aliphatic hydroxyl groups excluding tert-OH is 1. The normalized spacial score (nSPS) is 23.4. The van der Waals surface area contributed by atoms with Crippen molar-refractivity contribution in [3.05, 3.63) is 29.3 Å². The van der Waals surface area contributed by atoms with Gasteiger partial charge in [0.1, 0.15) is 0 Å². The second-order valence-electron chi connectivity index (χ2n) is 4.92. The second-order valence-corrected chi connectivity index (χ2v) is 6.40. The number of nitrogens with zero attached hydrogens (tertiary/aromatic N) is 1. The summed E-state index contributed by atoms with van der Waals surface area (Å²) in [7, 11) is 0. The van der Waals surface area contributed by atoms with E-state index in [1.54, 1.807) is 4.90 Å². The van der Waals surface area contributed by atoms with Gasteiger partial charge in [-0.1, -0.05) is 18.5 Å². The van der Waals surface area contributed by atoms with Gasteiger partial charge in [0.05, 0.1) is 11.9 Å². The molecule has 0 saturated carbocycles. The Morgan fingerprint density at radius 2 is 2.16 bits per heavy atom. The fraction of sp³-hybridized carbons (Fsp3) is 0.500. The summed E-state index contributed by atoms with van der Waals surface area (Å²) in [6.07, 6.45) is 0.483. The van der Waals surface area contributed by atoms with Crippen LogP contribution < -0.4 is 0 Å². The largest absolute Gasteiger partial charge is 0.391 e. The molecule has 0 spiro atoms. The number of aliphatic hydroxyl groups is 1. The van der Waals surface area contributed by atoms with E-state index in [9.17, 15) is 9.90 Å². The Morgan fingerprint density at radius 1 is 1.47 bits per heavy atom. The van der Waals surface area contributed by atoms with Crippen LogP contribution in [0.25, 0.3) is 0 Å². The molecule has 2 unspecified atom stereocenters. The van der Waals surface area contributed by atoms with Crippen LogP contribution in [-0.4, -0.2) is 40.9 Å². The van der Waals surface area contributed by atoms with Crippen molar-refractivity contribution in [1.29, 1.82) is 0 Å². The third kappa shape index (κ3) is 4.13. The van der Waals surface area contributed by atoms with E-state index in [-0.39, 0.29) is 11.8 Å². The first-order valence-electron chi connectivity index (χ1n) is 6.40. The maximum Gasteiger partial charge on any atom is 0.233 e. The lowest BCUT2D eigenvalue weighted by molar-refractivity contribution is -0.132. The Bertz CT molecular complexity index is 438. The van der Waals surface area contributed by atoms with Crippen LogP contribution in [0.3, 0.4) is 0 Å². The van der Waals surface area contributed by atoms with Crippen molar-refractivity contribution in [3.63, 3.8) is 0 Å². The predicted octanol–water partition coefficient (Wildman–Crippen LogP) is 2.66. The van der Waals surface area contributed by atoms with E-state index in [4.69, 9.17) is 11.6 Å². The minimum absolute atomic E-state index is 0.0888. The van der Waals surface area contributed by atoms with E-state index in [1.807, 2.05) is 31.2 Å². The van der Waals surface area contributed by atoms with E-state index < -0.39 is 6.10 Å². The molecule has 5 heteroatoms. The van der Waals surface area contributed by atoms with Gasteiger partial charge in [0.25, 0.3) is 0 Å². The molecule has 1 fully saturated rings. The van der Waals surface area contributed by atoms with Crippen molar-refractivity contribution in [2.75, 3.05) is 18.8 Å². The van der Waals surface area contributed by atoms with Gasteiger partial charge in [-0.25, -0.2) is 0 Å².